The largest absolute Gasteiger partial charge is 0.454 e. The Hall–Kier alpha value is -7.76. The second kappa shape index (κ2) is 12.4. The van der Waals surface area contributed by atoms with Crippen molar-refractivity contribution in [2.75, 3.05) is 0 Å². The first-order valence-electron chi connectivity index (χ1n) is 19.3. The molecule has 8 aromatic carbocycles. The summed E-state index contributed by atoms with van der Waals surface area (Å²) in [4.78, 5) is 10.1. The fourth-order valence-electron chi connectivity index (χ4n) is 8.85. The summed E-state index contributed by atoms with van der Waals surface area (Å²) in [5, 5.41) is 6.94. The van der Waals surface area contributed by atoms with E-state index in [0.29, 0.717) is 5.82 Å². The van der Waals surface area contributed by atoms with Crippen molar-refractivity contribution < 1.29 is 4.42 Å². The van der Waals surface area contributed by atoms with Crippen LogP contribution in [0.25, 0.3) is 111 Å². The molecule has 0 saturated carbocycles. The van der Waals surface area contributed by atoms with E-state index in [-0.39, 0.29) is 0 Å². The summed E-state index contributed by atoms with van der Waals surface area (Å²) < 4.78 is 11.8. The van der Waals surface area contributed by atoms with Crippen LogP contribution in [0.1, 0.15) is 0 Å². The molecular formula is C52H32N4O. The van der Waals surface area contributed by atoms with Gasteiger partial charge in [-0.25, -0.2) is 9.97 Å². The van der Waals surface area contributed by atoms with Gasteiger partial charge in [-0.05, 0) is 48.5 Å². The number of hydrogen-bond acceptors (Lipinski definition) is 3. The Morgan fingerprint density at radius 2 is 0.860 bits per heavy atom. The van der Waals surface area contributed by atoms with Gasteiger partial charge in [0.2, 0.25) is 0 Å². The van der Waals surface area contributed by atoms with Crippen LogP contribution in [0.3, 0.4) is 0 Å². The normalized spacial score (nSPS) is 11.9. The van der Waals surface area contributed by atoms with Crippen LogP contribution < -0.4 is 0 Å². The van der Waals surface area contributed by atoms with E-state index in [1.54, 1.807) is 0 Å². The molecular weight excluding hydrogens is 697 g/mol. The lowest BCUT2D eigenvalue weighted by Crippen LogP contribution is -1.97. The van der Waals surface area contributed by atoms with Crippen LogP contribution in [0.4, 0.5) is 0 Å². The molecule has 266 valence electrons. The third kappa shape index (κ3) is 4.76. The Labute approximate surface area is 327 Å². The van der Waals surface area contributed by atoms with Gasteiger partial charge in [-0.3, -0.25) is 0 Å². The van der Waals surface area contributed by atoms with Gasteiger partial charge in [0.05, 0.1) is 33.5 Å². The minimum absolute atomic E-state index is 0.701. The minimum atomic E-state index is 0.701. The monoisotopic (exact) mass is 728 g/mol. The number of fused-ring (bicyclic) bond motifs is 12. The molecule has 0 fully saturated rings. The predicted octanol–water partition coefficient (Wildman–Crippen LogP) is 13.6. The zero-order valence-electron chi connectivity index (χ0n) is 30.7. The summed E-state index contributed by atoms with van der Waals surface area (Å²) in [6.07, 6.45) is 0. The summed E-state index contributed by atoms with van der Waals surface area (Å²) in [5.41, 5.74) is 13.2. The molecule has 0 saturated heterocycles. The Kier molecular flexibility index (Phi) is 6.86. The lowest BCUT2D eigenvalue weighted by Gasteiger charge is -2.12. The quantitative estimate of drug-likeness (QED) is 0.177. The Balaban J connectivity index is 1.17. The molecule has 4 aromatic heterocycles. The molecule has 0 atom stereocenters. The first kappa shape index (κ1) is 31.6. The van der Waals surface area contributed by atoms with Crippen molar-refractivity contribution in [3.05, 3.63) is 194 Å². The second-order valence-corrected chi connectivity index (χ2v) is 14.5. The molecule has 0 radical (unpaired) electrons. The van der Waals surface area contributed by atoms with Crippen LogP contribution in [-0.2, 0) is 0 Å². The zero-order valence-corrected chi connectivity index (χ0v) is 30.7. The number of benzene rings is 8. The van der Waals surface area contributed by atoms with Crippen LogP contribution >= 0.6 is 0 Å². The average Bonchev–Trinajstić information content (AvgIpc) is 3.95. The summed E-state index contributed by atoms with van der Waals surface area (Å²) in [7, 11) is 0. The van der Waals surface area contributed by atoms with Crippen LogP contribution in [0.15, 0.2) is 199 Å². The van der Waals surface area contributed by atoms with Gasteiger partial charge < -0.3 is 13.6 Å². The highest BCUT2D eigenvalue weighted by Gasteiger charge is 2.27. The van der Waals surface area contributed by atoms with Crippen molar-refractivity contribution in [3.63, 3.8) is 0 Å². The molecule has 12 rings (SSSR count). The molecule has 57 heavy (non-hydrogen) atoms. The van der Waals surface area contributed by atoms with Crippen LogP contribution in [0.2, 0.25) is 0 Å². The first-order chi connectivity index (χ1) is 28.3. The number of nitrogens with zero attached hydrogens (tertiary/aromatic N) is 4. The number of aromatic nitrogens is 4. The third-order valence-corrected chi connectivity index (χ3v) is 11.3. The second-order valence-electron chi connectivity index (χ2n) is 14.5. The summed E-state index contributed by atoms with van der Waals surface area (Å²) in [6.45, 7) is 0. The van der Waals surface area contributed by atoms with Crippen LogP contribution in [0, 0.1) is 0 Å². The number of hydrogen-bond donors (Lipinski definition) is 0. The molecule has 0 spiro atoms. The predicted molar refractivity (Wildman–Crippen MR) is 234 cm³/mol. The maximum atomic E-state index is 6.94. The molecule has 4 heterocycles. The van der Waals surface area contributed by atoms with E-state index < -0.39 is 0 Å². The maximum absolute atomic E-state index is 6.94. The van der Waals surface area contributed by atoms with Crippen molar-refractivity contribution in [2.24, 2.45) is 0 Å². The van der Waals surface area contributed by atoms with E-state index in [1.807, 2.05) is 36.4 Å². The molecule has 5 heteroatoms. The molecule has 12 aromatic rings. The standard InChI is InChI=1S/C52H32N4O/c1-4-16-33(17-5-1)41-32-42(54-52(53-41)35-18-6-2-7-19-35)34-28-30-37(31-29-34)55-43-25-13-10-22-38(43)46-47-40-24-12-15-27-45(40)57-51(47)50-48(49(46)55)39-23-11-14-26-44(39)56(50)36-20-8-3-9-21-36/h1-32H. The fraction of sp³-hybridized carbons (Fsp3) is 0. The van der Waals surface area contributed by atoms with Gasteiger partial charge in [0.1, 0.15) is 5.58 Å². The summed E-state index contributed by atoms with van der Waals surface area (Å²) >= 11 is 0. The minimum Gasteiger partial charge on any atom is -0.454 e. The topological polar surface area (TPSA) is 48.8 Å². The number of para-hydroxylation sites is 4. The Morgan fingerprint density at radius 3 is 1.53 bits per heavy atom. The molecule has 5 nitrogen and oxygen atoms in total. The Bertz CT molecular complexity index is 3430. The summed E-state index contributed by atoms with van der Waals surface area (Å²) in [5.74, 6) is 0.701. The van der Waals surface area contributed by atoms with E-state index in [1.165, 1.54) is 16.2 Å². The van der Waals surface area contributed by atoms with E-state index in [0.717, 1.165) is 88.8 Å². The van der Waals surface area contributed by atoms with Gasteiger partial charge in [-0.1, -0.05) is 146 Å². The smallest absolute Gasteiger partial charge is 0.160 e. The van der Waals surface area contributed by atoms with E-state index in [9.17, 15) is 0 Å². The number of rotatable bonds is 5. The molecule has 0 N–H and O–H groups in total. The summed E-state index contributed by atoms with van der Waals surface area (Å²) in [6, 6.07) is 68.1. The molecule has 0 unspecified atom stereocenters. The fourth-order valence-corrected chi connectivity index (χ4v) is 8.85. The lowest BCUT2D eigenvalue weighted by molar-refractivity contribution is 0.671. The zero-order chi connectivity index (χ0) is 37.5. The highest BCUT2D eigenvalue weighted by molar-refractivity contribution is 6.39. The molecule has 0 aliphatic heterocycles. The third-order valence-electron chi connectivity index (χ3n) is 11.3. The van der Waals surface area contributed by atoms with Crippen LogP contribution in [-0.4, -0.2) is 19.1 Å². The van der Waals surface area contributed by atoms with Crippen molar-refractivity contribution >= 4 is 65.6 Å². The van der Waals surface area contributed by atoms with Gasteiger partial charge in [0, 0.05) is 60.4 Å². The average molecular weight is 729 g/mol. The van der Waals surface area contributed by atoms with E-state index >= 15 is 0 Å². The molecule has 0 aliphatic carbocycles. The van der Waals surface area contributed by atoms with Gasteiger partial charge in [0.15, 0.2) is 11.4 Å². The molecule has 0 aliphatic rings. The van der Waals surface area contributed by atoms with E-state index in [4.69, 9.17) is 14.4 Å². The van der Waals surface area contributed by atoms with Gasteiger partial charge in [0.25, 0.3) is 0 Å². The SMILES string of the molecule is c1ccc(-c2cc(-c3ccc(-n4c5ccccc5c5c6c7ccccc7oc6c6c(c7ccccc7n6-c6ccccc6)c54)cc3)nc(-c3ccccc3)n2)cc1. The first-order valence-corrected chi connectivity index (χ1v) is 19.3. The van der Waals surface area contributed by atoms with Crippen molar-refractivity contribution in [3.8, 4) is 45.3 Å². The highest BCUT2D eigenvalue weighted by atomic mass is 16.3. The Morgan fingerprint density at radius 1 is 0.368 bits per heavy atom. The highest BCUT2D eigenvalue weighted by Crippen LogP contribution is 2.49. The lowest BCUT2D eigenvalue weighted by atomic mass is 10.0. The van der Waals surface area contributed by atoms with Gasteiger partial charge >= 0.3 is 0 Å². The van der Waals surface area contributed by atoms with Gasteiger partial charge in [-0.2, -0.15) is 0 Å². The van der Waals surface area contributed by atoms with Crippen molar-refractivity contribution in [1.82, 2.24) is 19.1 Å². The van der Waals surface area contributed by atoms with E-state index in [2.05, 4.69) is 167 Å². The molecule has 0 amide bonds. The number of furan rings is 1. The van der Waals surface area contributed by atoms with Crippen LogP contribution in [0.5, 0.6) is 0 Å². The maximum Gasteiger partial charge on any atom is 0.160 e. The van der Waals surface area contributed by atoms with Crippen molar-refractivity contribution in [1.29, 1.82) is 0 Å². The van der Waals surface area contributed by atoms with Crippen molar-refractivity contribution in [2.45, 2.75) is 0 Å². The van der Waals surface area contributed by atoms with Gasteiger partial charge in [-0.15, -0.1) is 0 Å². The molecule has 0 bridgehead atoms.